The fraction of sp³-hybridized carbons (Fsp3) is 0.417. The van der Waals surface area contributed by atoms with E-state index in [0.29, 0.717) is 6.54 Å². The van der Waals surface area contributed by atoms with Crippen LogP contribution in [-0.2, 0) is 4.79 Å². The molecule has 0 fully saturated rings. The van der Waals surface area contributed by atoms with Crippen LogP contribution < -0.4 is 10.1 Å². The Morgan fingerprint density at radius 2 is 2.30 bits per heavy atom. The summed E-state index contributed by atoms with van der Waals surface area (Å²) in [6.07, 6.45) is 0.779. The minimum absolute atomic E-state index is 0.0883. The molecular formula is C12H15ClN2O5. The van der Waals surface area contributed by atoms with Crippen molar-refractivity contribution < 1.29 is 19.6 Å². The summed E-state index contributed by atoms with van der Waals surface area (Å²) >= 11 is 5.85. The smallest absolute Gasteiger partial charge is 0.324 e. The molecule has 0 saturated heterocycles. The van der Waals surface area contributed by atoms with Gasteiger partial charge in [0.15, 0.2) is 0 Å². The molecule has 1 aromatic rings. The number of non-ortho nitro benzene ring substituents is 1. The van der Waals surface area contributed by atoms with Crippen molar-refractivity contribution in [3.63, 3.8) is 0 Å². The zero-order valence-electron chi connectivity index (χ0n) is 10.8. The van der Waals surface area contributed by atoms with E-state index in [1.54, 1.807) is 0 Å². The number of nitrogens with one attached hydrogen (secondary N) is 1. The van der Waals surface area contributed by atoms with Crippen LogP contribution in [-0.4, -0.2) is 35.2 Å². The van der Waals surface area contributed by atoms with Gasteiger partial charge in [0, 0.05) is 6.07 Å². The molecule has 1 rings (SSSR count). The molecule has 1 unspecified atom stereocenters. The SMILES string of the molecule is CCCNC(COc1cc([N+](=O)[O-])ccc1Cl)C(=O)O. The summed E-state index contributed by atoms with van der Waals surface area (Å²) in [6.45, 7) is 2.27. The maximum atomic E-state index is 11.0. The summed E-state index contributed by atoms with van der Waals surface area (Å²) in [6, 6.07) is 2.86. The van der Waals surface area contributed by atoms with Crippen molar-refractivity contribution in [1.82, 2.24) is 5.32 Å². The molecule has 0 aliphatic rings. The van der Waals surface area contributed by atoms with Crippen LogP contribution >= 0.6 is 11.6 Å². The van der Waals surface area contributed by atoms with Gasteiger partial charge in [0.1, 0.15) is 18.4 Å². The molecule has 8 heteroatoms. The second kappa shape index (κ2) is 7.66. The molecular weight excluding hydrogens is 288 g/mol. The Bertz CT molecular complexity index is 495. The number of nitrogens with zero attached hydrogens (tertiary/aromatic N) is 1. The molecule has 20 heavy (non-hydrogen) atoms. The van der Waals surface area contributed by atoms with Crippen molar-refractivity contribution in [2.45, 2.75) is 19.4 Å². The molecule has 7 nitrogen and oxygen atoms in total. The van der Waals surface area contributed by atoms with E-state index in [9.17, 15) is 14.9 Å². The van der Waals surface area contributed by atoms with Gasteiger partial charge in [-0.05, 0) is 19.0 Å². The minimum Gasteiger partial charge on any atom is -0.490 e. The number of ether oxygens (including phenoxy) is 1. The third-order valence-electron chi connectivity index (χ3n) is 2.47. The van der Waals surface area contributed by atoms with Gasteiger partial charge >= 0.3 is 5.97 Å². The zero-order valence-corrected chi connectivity index (χ0v) is 11.6. The molecule has 0 saturated carbocycles. The van der Waals surface area contributed by atoms with E-state index in [-0.39, 0.29) is 23.1 Å². The van der Waals surface area contributed by atoms with Gasteiger partial charge in [0.25, 0.3) is 5.69 Å². The van der Waals surface area contributed by atoms with Crippen molar-refractivity contribution in [3.8, 4) is 5.75 Å². The monoisotopic (exact) mass is 302 g/mol. The lowest BCUT2D eigenvalue weighted by atomic mass is 10.3. The molecule has 110 valence electrons. The van der Waals surface area contributed by atoms with Crippen LogP contribution in [0.4, 0.5) is 5.69 Å². The number of hydrogen-bond donors (Lipinski definition) is 2. The number of benzene rings is 1. The van der Waals surface area contributed by atoms with Crippen molar-refractivity contribution >= 4 is 23.3 Å². The van der Waals surface area contributed by atoms with Gasteiger partial charge in [-0.15, -0.1) is 0 Å². The summed E-state index contributed by atoms with van der Waals surface area (Å²) in [5, 5.41) is 22.6. The van der Waals surface area contributed by atoms with Gasteiger partial charge in [-0.1, -0.05) is 18.5 Å². The highest BCUT2D eigenvalue weighted by Gasteiger charge is 2.18. The fourth-order valence-corrected chi connectivity index (χ4v) is 1.60. The number of carboxylic acid groups (broad SMARTS) is 1. The predicted octanol–water partition coefficient (Wildman–Crippen LogP) is 2.08. The molecule has 0 bridgehead atoms. The highest BCUT2D eigenvalue weighted by molar-refractivity contribution is 6.32. The van der Waals surface area contributed by atoms with Crippen molar-refractivity contribution in [3.05, 3.63) is 33.3 Å². The Balaban J connectivity index is 2.74. The van der Waals surface area contributed by atoms with Gasteiger partial charge in [-0.3, -0.25) is 14.9 Å². The van der Waals surface area contributed by atoms with Gasteiger partial charge in [-0.25, -0.2) is 0 Å². The van der Waals surface area contributed by atoms with Crippen molar-refractivity contribution in [2.75, 3.05) is 13.2 Å². The highest BCUT2D eigenvalue weighted by Crippen LogP contribution is 2.28. The van der Waals surface area contributed by atoms with Gasteiger partial charge in [0.05, 0.1) is 16.0 Å². The van der Waals surface area contributed by atoms with Crippen LogP contribution in [0.2, 0.25) is 5.02 Å². The third-order valence-corrected chi connectivity index (χ3v) is 2.78. The summed E-state index contributed by atoms with van der Waals surface area (Å²) < 4.78 is 5.27. The first kappa shape index (κ1) is 16.2. The minimum atomic E-state index is -1.06. The van der Waals surface area contributed by atoms with E-state index in [0.717, 1.165) is 6.42 Å². The summed E-state index contributed by atoms with van der Waals surface area (Å²) in [5.41, 5.74) is -0.169. The van der Waals surface area contributed by atoms with E-state index in [4.69, 9.17) is 21.4 Å². The second-order valence-corrected chi connectivity index (χ2v) is 4.43. The maximum absolute atomic E-state index is 11.0. The lowest BCUT2D eigenvalue weighted by Gasteiger charge is -2.15. The van der Waals surface area contributed by atoms with Crippen molar-refractivity contribution in [1.29, 1.82) is 0 Å². The quantitative estimate of drug-likeness (QED) is 0.563. The molecule has 1 aromatic carbocycles. The average Bonchev–Trinajstić information content (AvgIpc) is 2.39. The fourth-order valence-electron chi connectivity index (χ4n) is 1.43. The number of halogens is 1. The number of nitro groups is 1. The molecule has 0 heterocycles. The van der Waals surface area contributed by atoms with E-state index >= 15 is 0 Å². The molecule has 0 radical (unpaired) electrons. The van der Waals surface area contributed by atoms with Gasteiger partial charge < -0.3 is 15.2 Å². The Hall–Kier alpha value is -1.86. The molecule has 0 aromatic heterocycles. The van der Waals surface area contributed by atoms with Crippen LogP contribution in [0.15, 0.2) is 18.2 Å². The van der Waals surface area contributed by atoms with Crippen LogP contribution in [0.5, 0.6) is 5.75 Å². The lowest BCUT2D eigenvalue weighted by molar-refractivity contribution is -0.384. The first-order chi connectivity index (χ1) is 9.45. The Labute approximate surface area is 120 Å². The predicted molar refractivity (Wildman–Crippen MR) is 73.3 cm³/mol. The zero-order chi connectivity index (χ0) is 15.1. The third kappa shape index (κ3) is 4.67. The van der Waals surface area contributed by atoms with Crippen LogP contribution in [0.25, 0.3) is 0 Å². The molecule has 0 aliphatic heterocycles. The second-order valence-electron chi connectivity index (χ2n) is 4.03. The number of carboxylic acids is 1. The molecule has 0 amide bonds. The first-order valence-electron chi connectivity index (χ1n) is 5.98. The first-order valence-corrected chi connectivity index (χ1v) is 6.36. The number of carbonyl (C=O) groups is 1. The van der Waals surface area contributed by atoms with E-state index in [1.165, 1.54) is 18.2 Å². The number of rotatable bonds is 8. The van der Waals surface area contributed by atoms with E-state index < -0.39 is 16.9 Å². The normalized spacial score (nSPS) is 11.9. The summed E-state index contributed by atoms with van der Waals surface area (Å²) in [5.74, 6) is -0.967. The van der Waals surface area contributed by atoms with Crippen molar-refractivity contribution in [2.24, 2.45) is 0 Å². The molecule has 1 atom stereocenters. The molecule has 0 spiro atoms. The topological polar surface area (TPSA) is 102 Å². The van der Waals surface area contributed by atoms with Crippen LogP contribution in [0.1, 0.15) is 13.3 Å². The molecule has 0 aliphatic carbocycles. The van der Waals surface area contributed by atoms with Crippen LogP contribution in [0, 0.1) is 10.1 Å². The number of aliphatic carboxylic acids is 1. The number of hydrogen-bond acceptors (Lipinski definition) is 5. The van der Waals surface area contributed by atoms with E-state index in [2.05, 4.69) is 5.32 Å². The standard InChI is InChI=1S/C12H15ClN2O5/c1-2-5-14-10(12(16)17)7-20-11-6-8(15(18)19)3-4-9(11)13/h3-4,6,10,14H,2,5,7H2,1H3,(H,16,17). The van der Waals surface area contributed by atoms with Gasteiger partial charge in [-0.2, -0.15) is 0 Å². The highest BCUT2D eigenvalue weighted by atomic mass is 35.5. The Morgan fingerprint density at radius 1 is 1.60 bits per heavy atom. The average molecular weight is 303 g/mol. The Kier molecular flexibility index (Phi) is 6.20. The van der Waals surface area contributed by atoms with E-state index in [1.807, 2.05) is 6.92 Å². The van der Waals surface area contributed by atoms with Crippen LogP contribution in [0.3, 0.4) is 0 Å². The largest absolute Gasteiger partial charge is 0.490 e. The molecule has 2 N–H and O–H groups in total. The maximum Gasteiger partial charge on any atom is 0.324 e. The summed E-state index contributed by atoms with van der Waals surface area (Å²) in [7, 11) is 0. The lowest BCUT2D eigenvalue weighted by Crippen LogP contribution is -2.41. The van der Waals surface area contributed by atoms with Gasteiger partial charge in [0.2, 0.25) is 0 Å². The summed E-state index contributed by atoms with van der Waals surface area (Å²) in [4.78, 5) is 21.1. The Morgan fingerprint density at radius 3 is 2.85 bits per heavy atom. The number of nitro benzene ring substituents is 1.